The number of halogens is 3. The minimum Gasteiger partial charge on any atom is -0.392 e. The van der Waals surface area contributed by atoms with Gasteiger partial charge in [-0.1, -0.05) is 0 Å². The summed E-state index contributed by atoms with van der Waals surface area (Å²) in [5, 5.41) is 11.8. The van der Waals surface area contributed by atoms with Crippen LogP contribution < -0.4 is 10.2 Å². The second kappa shape index (κ2) is 5.38. The van der Waals surface area contributed by atoms with Crippen molar-refractivity contribution >= 4 is 11.6 Å². The van der Waals surface area contributed by atoms with Crippen LogP contribution in [-0.4, -0.2) is 41.8 Å². The van der Waals surface area contributed by atoms with E-state index in [9.17, 15) is 18.3 Å². The number of rotatable bonds is 4. The van der Waals surface area contributed by atoms with E-state index >= 15 is 0 Å². The molecule has 1 aromatic rings. The SMILES string of the molecule is CNc1cc(N(C)CC(C)O)nc(C(F)(F)F)n1. The Kier molecular flexibility index (Phi) is 4.33. The lowest BCUT2D eigenvalue weighted by molar-refractivity contribution is -0.144. The van der Waals surface area contributed by atoms with E-state index in [2.05, 4.69) is 15.3 Å². The van der Waals surface area contributed by atoms with E-state index in [-0.39, 0.29) is 18.2 Å². The smallest absolute Gasteiger partial charge is 0.392 e. The first-order valence-electron chi connectivity index (χ1n) is 5.27. The van der Waals surface area contributed by atoms with Crippen LogP contribution >= 0.6 is 0 Å². The van der Waals surface area contributed by atoms with Gasteiger partial charge in [0.1, 0.15) is 11.6 Å². The van der Waals surface area contributed by atoms with Gasteiger partial charge in [-0.25, -0.2) is 9.97 Å². The number of hydrogen-bond donors (Lipinski definition) is 2. The maximum absolute atomic E-state index is 12.6. The van der Waals surface area contributed by atoms with Crippen molar-refractivity contribution in [3.8, 4) is 0 Å². The summed E-state index contributed by atoms with van der Waals surface area (Å²) in [6, 6.07) is 1.39. The van der Waals surface area contributed by atoms with Crippen LogP contribution in [-0.2, 0) is 6.18 Å². The van der Waals surface area contributed by atoms with Crippen LogP contribution in [0, 0.1) is 0 Å². The highest BCUT2D eigenvalue weighted by Crippen LogP contribution is 2.28. The zero-order valence-corrected chi connectivity index (χ0v) is 10.3. The third-order valence-electron chi connectivity index (χ3n) is 2.15. The molecule has 1 unspecified atom stereocenters. The summed E-state index contributed by atoms with van der Waals surface area (Å²) in [6.45, 7) is 1.72. The first kappa shape index (κ1) is 14.5. The summed E-state index contributed by atoms with van der Waals surface area (Å²) in [5.41, 5.74) is 0. The van der Waals surface area contributed by atoms with Crippen molar-refractivity contribution in [2.24, 2.45) is 0 Å². The number of aliphatic hydroxyl groups is 1. The summed E-state index contributed by atoms with van der Waals surface area (Å²) < 4.78 is 37.8. The summed E-state index contributed by atoms with van der Waals surface area (Å²) in [5.74, 6) is -1.03. The molecular formula is C10H15F3N4O. The van der Waals surface area contributed by atoms with Crippen LogP contribution in [0.25, 0.3) is 0 Å². The Bertz CT molecular complexity index is 409. The third-order valence-corrected chi connectivity index (χ3v) is 2.15. The van der Waals surface area contributed by atoms with Crippen molar-refractivity contribution in [3.63, 3.8) is 0 Å². The number of aliphatic hydroxyl groups excluding tert-OH is 1. The molecule has 1 aromatic heterocycles. The van der Waals surface area contributed by atoms with E-state index in [1.54, 1.807) is 14.0 Å². The zero-order valence-electron chi connectivity index (χ0n) is 10.3. The number of nitrogens with one attached hydrogen (secondary N) is 1. The van der Waals surface area contributed by atoms with Crippen molar-refractivity contribution in [1.82, 2.24) is 9.97 Å². The van der Waals surface area contributed by atoms with Gasteiger partial charge < -0.3 is 15.3 Å². The van der Waals surface area contributed by atoms with Crippen molar-refractivity contribution in [2.45, 2.75) is 19.2 Å². The molecule has 102 valence electrons. The third kappa shape index (κ3) is 3.73. The summed E-state index contributed by atoms with van der Waals surface area (Å²) >= 11 is 0. The molecule has 0 bridgehead atoms. The standard InChI is InChI=1S/C10H15F3N4O/c1-6(18)5-17(3)8-4-7(14-2)15-9(16-8)10(11,12)13/h4,6,18H,5H2,1-3H3,(H,14,15,16). The average Bonchev–Trinajstić information content (AvgIpc) is 2.26. The molecule has 0 aliphatic rings. The number of aromatic nitrogens is 2. The molecule has 2 N–H and O–H groups in total. The van der Waals surface area contributed by atoms with Crippen molar-refractivity contribution < 1.29 is 18.3 Å². The van der Waals surface area contributed by atoms with E-state index in [1.807, 2.05) is 0 Å². The van der Waals surface area contributed by atoms with Crippen LogP contribution in [0.5, 0.6) is 0 Å². The fourth-order valence-corrected chi connectivity index (χ4v) is 1.37. The maximum atomic E-state index is 12.6. The molecule has 0 fully saturated rings. The van der Waals surface area contributed by atoms with Crippen molar-refractivity contribution in [1.29, 1.82) is 0 Å². The first-order valence-corrected chi connectivity index (χ1v) is 5.27. The van der Waals surface area contributed by atoms with Crippen molar-refractivity contribution in [2.75, 3.05) is 30.9 Å². The highest BCUT2D eigenvalue weighted by Gasteiger charge is 2.35. The maximum Gasteiger partial charge on any atom is 0.451 e. The summed E-state index contributed by atoms with van der Waals surface area (Å²) in [7, 11) is 3.02. The van der Waals surface area contributed by atoms with Crippen LogP contribution in [0.3, 0.4) is 0 Å². The molecule has 0 aromatic carbocycles. The Hall–Kier alpha value is -1.57. The molecule has 1 atom stereocenters. The number of hydrogen-bond acceptors (Lipinski definition) is 5. The van der Waals surface area contributed by atoms with Crippen LogP contribution in [0.4, 0.5) is 24.8 Å². The minimum atomic E-state index is -4.60. The second-order valence-corrected chi connectivity index (χ2v) is 3.91. The topological polar surface area (TPSA) is 61.3 Å². The molecule has 8 heteroatoms. The quantitative estimate of drug-likeness (QED) is 0.859. The monoisotopic (exact) mass is 264 g/mol. The second-order valence-electron chi connectivity index (χ2n) is 3.91. The van der Waals surface area contributed by atoms with Gasteiger partial charge in [-0.3, -0.25) is 0 Å². The van der Waals surface area contributed by atoms with Gasteiger partial charge in [0, 0.05) is 26.7 Å². The van der Waals surface area contributed by atoms with Gasteiger partial charge >= 0.3 is 6.18 Å². The molecular weight excluding hydrogens is 249 g/mol. The Morgan fingerprint density at radius 1 is 1.44 bits per heavy atom. The molecule has 0 amide bonds. The molecule has 5 nitrogen and oxygen atoms in total. The highest BCUT2D eigenvalue weighted by atomic mass is 19.4. The Morgan fingerprint density at radius 2 is 2.06 bits per heavy atom. The summed E-state index contributed by atoms with van der Waals surface area (Å²) in [6.07, 6.45) is -5.27. The number of anilines is 2. The predicted molar refractivity (Wildman–Crippen MR) is 61.5 cm³/mol. The zero-order chi connectivity index (χ0) is 13.9. The van der Waals surface area contributed by atoms with Gasteiger partial charge in [0.2, 0.25) is 5.82 Å². The average molecular weight is 264 g/mol. The molecule has 0 spiro atoms. The van der Waals surface area contributed by atoms with Crippen LogP contribution in [0.2, 0.25) is 0 Å². The van der Waals surface area contributed by atoms with Crippen LogP contribution in [0.15, 0.2) is 6.07 Å². The van der Waals surface area contributed by atoms with Gasteiger partial charge in [0.05, 0.1) is 6.10 Å². The Labute approximate surface area is 103 Å². The number of alkyl halides is 3. The summed E-state index contributed by atoms with van der Waals surface area (Å²) in [4.78, 5) is 8.23. The predicted octanol–water partition coefficient (Wildman–Crippen LogP) is 1.35. The van der Waals surface area contributed by atoms with Crippen molar-refractivity contribution in [3.05, 3.63) is 11.9 Å². The fourth-order valence-electron chi connectivity index (χ4n) is 1.37. The van der Waals surface area contributed by atoms with E-state index in [1.165, 1.54) is 18.0 Å². The normalized spacial score (nSPS) is 13.3. The molecule has 0 saturated heterocycles. The Morgan fingerprint density at radius 3 is 2.50 bits per heavy atom. The minimum absolute atomic E-state index is 0.0739. The van der Waals surface area contributed by atoms with Crippen LogP contribution in [0.1, 0.15) is 12.7 Å². The number of likely N-dealkylation sites (N-methyl/N-ethyl adjacent to an activating group) is 1. The van der Waals surface area contributed by atoms with E-state index in [0.29, 0.717) is 0 Å². The van der Waals surface area contributed by atoms with Gasteiger partial charge in [0.25, 0.3) is 0 Å². The van der Waals surface area contributed by atoms with Gasteiger partial charge in [-0.05, 0) is 6.92 Å². The lowest BCUT2D eigenvalue weighted by Crippen LogP contribution is -2.28. The van der Waals surface area contributed by atoms with E-state index in [4.69, 9.17) is 0 Å². The van der Waals surface area contributed by atoms with E-state index < -0.39 is 18.1 Å². The fraction of sp³-hybridized carbons (Fsp3) is 0.600. The highest BCUT2D eigenvalue weighted by molar-refractivity contribution is 5.49. The molecule has 1 heterocycles. The molecule has 0 aliphatic heterocycles. The first-order chi connectivity index (χ1) is 8.24. The Balaban J connectivity index is 3.12. The molecule has 18 heavy (non-hydrogen) atoms. The molecule has 0 radical (unpaired) electrons. The van der Waals surface area contributed by atoms with Gasteiger partial charge in [-0.2, -0.15) is 13.2 Å². The van der Waals surface area contributed by atoms with Gasteiger partial charge in [0.15, 0.2) is 0 Å². The van der Waals surface area contributed by atoms with Gasteiger partial charge in [-0.15, -0.1) is 0 Å². The number of nitrogens with zero attached hydrogens (tertiary/aromatic N) is 3. The molecule has 0 aliphatic carbocycles. The molecule has 1 rings (SSSR count). The van der Waals surface area contributed by atoms with E-state index in [0.717, 1.165) is 0 Å². The lowest BCUT2D eigenvalue weighted by Gasteiger charge is -2.21. The lowest BCUT2D eigenvalue weighted by atomic mass is 10.3. The largest absolute Gasteiger partial charge is 0.451 e. The molecule has 0 saturated carbocycles.